The van der Waals surface area contributed by atoms with Gasteiger partial charge >= 0.3 is 0 Å². The van der Waals surface area contributed by atoms with Crippen molar-refractivity contribution in [3.63, 3.8) is 0 Å². The molecule has 3 heterocycles. The molecule has 12 heavy (non-hydrogen) atoms. The summed E-state index contributed by atoms with van der Waals surface area (Å²) >= 11 is 0. The number of hydrogen-bond acceptors (Lipinski definition) is 2. The van der Waals surface area contributed by atoms with E-state index in [1.165, 1.54) is 39.3 Å². The van der Waals surface area contributed by atoms with Crippen molar-refractivity contribution in [2.75, 3.05) is 39.3 Å². The van der Waals surface area contributed by atoms with Crippen LogP contribution in [0.1, 0.15) is 13.8 Å². The maximum absolute atomic E-state index is 6.23. The summed E-state index contributed by atoms with van der Waals surface area (Å²) in [6, 6.07) is 0. The van der Waals surface area contributed by atoms with Gasteiger partial charge in [-0.1, -0.05) is 0 Å². The summed E-state index contributed by atoms with van der Waals surface area (Å²) < 4.78 is 1.14. The molecule has 0 aliphatic carbocycles. The molecule has 3 saturated heterocycles. The molecule has 0 unspecified atom stereocenters. The molecular weight excluding hydrogens is 150 g/mol. The van der Waals surface area contributed by atoms with E-state index in [0.717, 1.165) is 4.48 Å². The van der Waals surface area contributed by atoms with Crippen molar-refractivity contribution in [1.82, 2.24) is 4.90 Å². The molecule has 0 atom stereocenters. The zero-order valence-electron chi connectivity index (χ0n) is 8.21. The van der Waals surface area contributed by atoms with Crippen molar-refractivity contribution >= 4 is 0 Å². The van der Waals surface area contributed by atoms with Crippen LogP contribution in [0.25, 0.3) is 0 Å². The van der Waals surface area contributed by atoms with Gasteiger partial charge in [-0.15, -0.1) is 0 Å². The van der Waals surface area contributed by atoms with E-state index in [4.69, 9.17) is 5.73 Å². The van der Waals surface area contributed by atoms with Crippen molar-refractivity contribution in [3.8, 4) is 0 Å². The van der Waals surface area contributed by atoms with Gasteiger partial charge in [0.05, 0.1) is 19.6 Å². The van der Waals surface area contributed by atoms with E-state index in [9.17, 15) is 0 Å². The standard InChI is InChI=1S/C9H20N3/c1-9(2,10)12-6-3-11(4-7-12)5-8-12/h3-8,10H2,1-2H3/q+1. The molecule has 3 nitrogen and oxygen atoms in total. The lowest BCUT2D eigenvalue weighted by Crippen LogP contribution is -2.76. The van der Waals surface area contributed by atoms with Crippen molar-refractivity contribution in [3.05, 3.63) is 0 Å². The van der Waals surface area contributed by atoms with Crippen LogP contribution in [0.3, 0.4) is 0 Å². The first kappa shape index (κ1) is 8.48. The van der Waals surface area contributed by atoms with Gasteiger partial charge in [0, 0.05) is 33.5 Å². The first-order valence-electron chi connectivity index (χ1n) is 4.91. The molecule has 70 valence electrons. The zero-order chi connectivity index (χ0) is 8.82. The maximum atomic E-state index is 6.23. The van der Waals surface area contributed by atoms with Crippen LogP contribution in [-0.2, 0) is 0 Å². The molecule has 0 aromatic carbocycles. The molecular formula is C9H20N3+. The monoisotopic (exact) mass is 170 g/mol. The van der Waals surface area contributed by atoms with Gasteiger partial charge in [-0.2, -0.15) is 0 Å². The fourth-order valence-corrected chi connectivity index (χ4v) is 2.53. The molecule has 3 heteroatoms. The minimum atomic E-state index is -0.0352. The third-order valence-corrected chi connectivity index (χ3v) is 3.76. The average molecular weight is 170 g/mol. The Kier molecular flexibility index (Phi) is 1.72. The number of piperazine rings is 3. The van der Waals surface area contributed by atoms with E-state index in [1.807, 2.05) is 0 Å². The van der Waals surface area contributed by atoms with Crippen LogP contribution in [0.2, 0.25) is 0 Å². The Morgan fingerprint density at radius 2 is 1.50 bits per heavy atom. The highest BCUT2D eigenvalue weighted by molar-refractivity contribution is 4.76. The van der Waals surface area contributed by atoms with Gasteiger partial charge in [0.2, 0.25) is 0 Å². The molecule has 0 saturated carbocycles. The summed E-state index contributed by atoms with van der Waals surface area (Å²) in [6.45, 7) is 11.9. The summed E-state index contributed by atoms with van der Waals surface area (Å²) in [7, 11) is 0. The Morgan fingerprint density at radius 3 is 1.75 bits per heavy atom. The van der Waals surface area contributed by atoms with Gasteiger partial charge in [-0.25, -0.2) is 0 Å². The van der Waals surface area contributed by atoms with Gasteiger partial charge in [-0.05, 0) is 0 Å². The second-order valence-corrected chi connectivity index (χ2v) is 4.81. The van der Waals surface area contributed by atoms with Crippen LogP contribution in [0, 0.1) is 0 Å². The van der Waals surface area contributed by atoms with Crippen LogP contribution in [0.4, 0.5) is 0 Å². The second-order valence-electron chi connectivity index (χ2n) is 4.81. The van der Waals surface area contributed by atoms with E-state index in [1.54, 1.807) is 0 Å². The molecule has 3 aliphatic rings. The lowest BCUT2D eigenvalue weighted by atomic mass is 10.0. The largest absolute Gasteiger partial charge is 0.304 e. The Labute approximate surface area is 74.7 Å². The molecule has 0 aromatic rings. The molecule has 3 aliphatic heterocycles. The zero-order valence-corrected chi connectivity index (χ0v) is 8.21. The van der Waals surface area contributed by atoms with E-state index in [0.29, 0.717) is 0 Å². The van der Waals surface area contributed by atoms with Crippen molar-refractivity contribution in [1.29, 1.82) is 0 Å². The van der Waals surface area contributed by atoms with Gasteiger partial charge in [0.1, 0.15) is 5.66 Å². The van der Waals surface area contributed by atoms with Crippen LogP contribution in [0.5, 0.6) is 0 Å². The first-order chi connectivity index (χ1) is 5.54. The third-order valence-electron chi connectivity index (χ3n) is 3.76. The maximum Gasteiger partial charge on any atom is 0.144 e. The highest BCUT2D eigenvalue weighted by Crippen LogP contribution is 2.27. The van der Waals surface area contributed by atoms with E-state index < -0.39 is 0 Å². The summed E-state index contributed by atoms with van der Waals surface area (Å²) in [5, 5.41) is 0. The van der Waals surface area contributed by atoms with Crippen LogP contribution in [0.15, 0.2) is 0 Å². The van der Waals surface area contributed by atoms with Gasteiger partial charge in [-0.3, -0.25) is 10.6 Å². The lowest BCUT2D eigenvalue weighted by molar-refractivity contribution is -0.983. The summed E-state index contributed by atoms with van der Waals surface area (Å²) in [5.74, 6) is 0. The Morgan fingerprint density at radius 1 is 1.08 bits per heavy atom. The quantitative estimate of drug-likeness (QED) is 0.554. The topological polar surface area (TPSA) is 29.3 Å². The second kappa shape index (κ2) is 2.44. The highest BCUT2D eigenvalue weighted by Gasteiger charge is 2.46. The SMILES string of the molecule is CC(C)(N)[N+]12CCN(CC1)CC2. The molecule has 3 rings (SSSR count). The fraction of sp³-hybridized carbons (Fsp3) is 1.00. The molecule has 2 N–H and O–H groups in total. The van der Waals surface area contributed by atoms with Crippen LogP contribution in [-0.4, -0.2) is 54.3 Å². The summed E-state index contributed by atoms with van der Waals surface area (Å²) in [6.07, 6.45) is 0. The van der Waals surface area contributed by atoms with Gasteiger partial charge in [0.15, 0.2) is 0 Å². The van der Waals surface area contributed by atoms with Gasteiger partial charge in [0.25, 0.3) is 0 Å². The summed E-state index contributed by atoms with van der Waals surface area (Å²) in [4.78, 5) is 2.55. The number of nitrogens with zero attached hydrogens (tertiary/aromatic N) is 2. The molecule has 0 amide bonds. The number of hydrogen-bond donors (Lipinski definition) is 1. The Balaban J connectivity index is 2.19. The predicted molar refractivity (Wildman–Crippen MR) is 49.6 cm³/mol. The van der Waals surface area contributed by atoms with Crippen molar-refractivity contribution in [2.24, 2.45) is 5.73 Å². The first-order valence-corrected chi connectivity index (χ1v) is 4.91. The molecule has 0 radical (unpaired) electrons. The number of rotatable bonds is 1. The van der Waals surface area contributed by atoms with E-state index >= 15 is 0 Å². The average Bonchev–Trinajstić information content (AvgIpc) is 2.06. The Bertz CT molecular complexity index is 161. The Hall–Kier alpha value is -0.120. The normalized spacial score (nSPS) is 41.8. The molecule has 0 spiro atoms. The third kappa shape index (κ3) is 1.08. The van der Waals surface area contributed by atoms with Crippen LogP contribution < -0.4 is 5.73 Å². The van der Waals surface area contributed by atoms with Gasteiger partial charge < -0.3 is 4.48 Å². The molecule has 2 bridgehead atoms. The van der Waals surface area contributed by atoms with Crippen LogP contribution >= 0.6 is 0 Å². The minimum absolute atomic E-state index is 0.0352. The smallest absolute Gasteiger partial charge is 0.144 e. The lowest BCUT2D eigenvalue weighted by Gasteiger charge is -2.56. The van der Waals surface area contributed by atoms with Crippen molar-refractivity contribution in [2.45, 2.75) is 19.5 Å². The number of nitrogens with two attached hydrogens (primary N) is 1. The fourth-order valence-electron chi connectivity index (χ4n) is 2.53. The minimum Gasteiger partial charge on any atom is -0.304 e. The number of fused-ring (bicyclic) bond motifs is 3. The summed E-state index contributed by atoms with van der Waals surface area (Å²) in [5.41, 5.74) is 6.20. The number of quaternary nitrogens is 1. The van der Waals surface area contributed by atoms with E-state index in [2.05, 4.69) is 18.7 Å². The molecule has 0 aromatic heterocycles. The van der Waals surface area contributed by atoms with Crippen molar-refractivity contribution < 1.29 is 4.48 Å². The predicted octanol–water partition coefficient (Wildman–Crippen LogP) is -0.173. The highest BCUT2D eigenvalue weighted by atomic mass is 15.5. The van der Waals surface area contributed by atoms with E-state index in [-0.39, 0.29) is 5.66 Å². The molecule has 3 fully saturated rings.